The number of hydrogen-bond donors (Lipinski definition) is 1. The van der Waals surface area contributed by atoms with Crippen LogP contribution in [0.2, 0.25) is 0 Å². The Kier molecular flexibility index (Phi) is 4.19. The third-order valence-corrected chi connectivity index (χ3v) is 1.70. The van der Waals surface area contributed by atoms with Crippen molar-refractivity contribution in [1.82, 2.24) is 4.98 Å². The van der Waals surface area contributed by atoms with Crippen molar-refractivity contribution >= 4 is 5.69 Å². The summed E-state index contributed by atoms with van der Waals surface area (Å²) in [6.45, 7) is 5.58. The van der Waals surface area contributed by atoms with Crippen LogP contribution in [0.3, 0.4) is 0 Å². The number of pyridine rings is 1. The molecule has 0 radical (unpaired) electrons. The van der Waals surface area contributed by atoms with E-state index in [2.05, 4.69) is 4.98 Å². The highest BCUT2D eigenvalue weighted by Gasteiger charge is 2.01. The first-order valence-corrected chi connectivity index (χ1v) is 4.67. The molecule has 4 heteroatoms. The van der Waals surface area contributed by atoms with Crippen LogP contribution >= 0.6 is 0 Å². The van der Waals surface area contributed by atoms with E-state index in [1.54, 1.807) is 6.07 Å². The van der Waals surface area contributed by atoms with Crippen LogP contribution in [0.25, 0.3) is 0 Å². The number of nitrogens with zero attached hydrogens (tertiary/aromatic N) is 1. The molecule has 1 aromatic heterocycles. The lowest BCUT2D eigenvalue weighted by molar-refractivity contribution is 0.108. The van der Waals surface area contributed by atoms with Crippen LogP contribution in [0.15, 0.2) is 12.1 Å². The fourth-order valence-corrected chi connectivity index (χ4v) is 1.00. The molecule has 0 bridgehead atoms. The second-order valence-corrected chi connectivity index (χ2v) is 2.89. The molecule has 0 atom stereocenters. The molecule has 0 aliphatic heterocycles. The highest BCUT2D eigenvalue weighted by molar-refractivity contribution is 5.48. The predicted molar refractivity (Wildman–Crippen MR) is 55.4 cm³/mol. The van der Waals surface area contributed by atoms with Gasteiger partial charge in [-0.05, 0) is 26.0 Å². The summed E-state index contributed by atoms with van der Waals surface area (Å²) in [5.41, 5.74) is 7.13. The highest BCUT2D eigenvalue weighted by Crippen LogP contribution is 2.17. The molecule has 1 rings (SSSR count). The Balaban J connectivity index is 2.45. The Morgan fingerprint density at radius 3 is 2.86 bits per heavy atom. The zero-order valence-electron chi connectivity index (χ0n) is 8.62. The topological polar surface area (TPSA) is 57.4 Å². The number of aryl methyl sites for hydroxylation is 1. The smallest absolute Gasteiger partial charge is 0.237 e. The fourth-order valence-electron chi connectivity index (χ4n) is 1.00. The van der Waals surface area contributed by atoms with Crippen molar-refractivity contribution in [2.24, 2.45) is 0 Å². The molecular weight excluding hydrogens is 180 g/mol. The molecule has 1 aromatic rings. The van der Waals surface area contributed by atoms with Crippen molar-refractivity contribution in [3.63, 3.8) is 0 Å². The summed E-state index contributed by atoms with van der Waals surface area (Å²) in [4.78, 5) is 4.17. The van der Waals surface area contributed by atoms with Crippen LogP contribution in [-0.2, 0) is 4.74 Å². The Bertz CT molecular complexity index is 289. The maximum atomic E-state index is 5.68. The van der Waals surface area contributed by atoms with Crippen LogP contribution in [0.1, 0.15) is 12.6 Å². The number of anilines is 1. The van der Waals surface area contributed by atoms with Gasteiger partial charge in [-0.15, -0.1) is 0 Å². The molecule has 0 fully saturated rings. The number of ether oxygens (including phenoxy) is 2. The molecule has 14 heavy (non-hydrogen) atoms. The van der Waals surface area contributed by atoms with Gasteiger partial charge in [-0.2, -0.15) is 0 Å². The van der Waals surface area contributed by atoms with Crippen molar-refractivity contribution in [3.05, 3.63) is 17.8 Å². The van der Waals surface area contributed by atoms with Gasteiger partial charge in [0.1, 0.15) is 6.61 Å². The van der Waals surface area contributed by atoms with Gasteiger partial charge in [-0.1, -0.05) is 0 Å². The molecule has 0 unspecified atom stereocenters. The van der Waals surface area contributed by atoms with Gasteiger partial charge >= 0.3 is 0 Å². The molecule has 0 saturated carbocycles. The third-order valence-electron chi connectivity index (χ3n) is 1.70. The lowest BCUT2D eigenvalue weighted by Gasteiger charge is -2.07. The van der Waals surface area contributed by atoms with E-state index in [0.29, 0.717) is 31.4 Å². The summed E-state index contributed by atoms with van der Waals surface area (Å²) in [6.07, 6.45) is 0. The number of nitrogens with two attached hydrogens (primary N) is 1. The highest BCUT2D eigenvalue weighted by atomic mass is 16.5. The maximum Gasteiger partial charge on any atom is 0.237 e. The lowest BCUT2D eigenvalue weighted by atomic mass is 10.3. The zero-order valence-corrected chi connectivity index (χ0v) is 8.62. The van der Waals surface area contributed by atoms with Crippen molar-refractivity contribution in [3.8, 4) is 5.88 Å². The Morgan fingerprint density at radius 2 is 2.14 bits per heavy atom. The van der Waals surface area contributed by atoms with Crippen molar-refractivity contribution < 1.29 is 9.47 Å². The van der Waals surface area contributed by atoms with Crippen molar-refractivity contribution in [2.45, 2.75) is 13.8 Å². The summed E-state index contributed by atoms with van der Waals surface area (Å²) >= 11 is 0. The van der Waals surface area contributed by atoms with Gasteiger partial charge < -0.3 is 15.2 Å². The minimum Gasteiger partial charge on any atom is -0.474 e. The van der Waals surface area contributed by atoms with E-state index < -0.39 is 0 Å². The first-order chi connectivity index (χ1) is 6.74. The average Bonchev–Trinajstić information content (AvgIpc) is 2.18. The van der Waals surface area contributed by atoms with Crippen LogP contribution < -0.4 is 10.5 Å². The van der Waals surface area contributed by atoms with Crippen molar-refractivity contribution in [2.75, 3.05) is 25.6 Å². The standard InChI is InChI=1S/C10H16N2O2/c1-3-13-6-7-14-10-9(11)5-4-8(2)12-10/h4-5H,3,6-7,11H2,1-2H3. The molecule has 0 spiro atoms. The average molecular weight is 196 g/mol. The summed E-state index contributed by atoms with van der Waals surface area (Å²) < 4.78 is 10.5. The predicted octanol–water partition coefficient (Wildman–Crippen LogP) is 1.39. The van der Waals surface area contributed by atoms with Crippen LogP contribution in [0.4, 0.5) is 5.69 Å². The summed E-state index contributed by atoms with van der Waals surface area (Å²) in [5, 5.41) is 0. The number of rotatable bonds is 5. The first kappa shape index (κ1) is 10.8. The van der Waals surface area contributed by atoms with E-state index >= 15 is 0 Å². The molecule has 0 aliphatic carbocycles. The van der Waals surface area contributed by atoms with Crippen LogP contribution in [0, 0.1) is 6.92 Å². The van der Waals surface area contributed by atoms with Crippen LogP contribution in [0.5, 0.6) is 5.88 Å². The van der Waals surface area contributed by atoms with Gasteiger partial charge in [0.05, 0.1) is 12.3 Å². The van der Waals surface area contributed by atoms with Gasteiger partial charge in [-0.25, -0.2) is 4.98 Å². The fraction of sp³-hybridized carbons (Fsp3) is 0.500. The quantitative estimate of drug-likeness (QED) is 0.723. The van der Waals surface area contributed by atoms with Crippen LogP contribution in [-0.4, -0.2) is 24.8 Å². The number of hydrogen-bond acceptors (Lipinski definition) is 4. The third kappa shape index (κ3) is 3.22. The van der Waals surface area contributed by atoms with Crippen molar-refractivity contribution in [1.29, 1.82) is 0 Å². The molecule has 0 saturated heterocycles. The number of aromatic nitrogens is 1. The van der Waals surface area contributed by atoms with E-state index in [-0.39, 0.29) is 0 Å². The SMILES string of the molecule is CCOCCOc1nc(C)ccc1N. The minimum absolute atomic E-state index is 0.481. The minimum atomic E-state index is 0.481. The Morgan fingerprint density at radius 1 is 1.36 bits per heavy atom. The molecule has 1 heterocycles. The first-order valence-electron chi connectivity index (χ1n) is 4.67. The molecule has 2 N–H and O–H groups in total. The Hall–Kier alpha value is -1.29. The van der Waals surface area contributed by atoms with Gasteiger partial charge in [0.2, 0.25) is 5.88 Å². The van der Waals surface area contributed by atoms with E-state index in [1.165, 1.54) is 0 Å². The normalized spacial score (nSPS) is 10.1. The summed E-state index contributed by atoms with van der Waals surface area (Å²) in [7, 11) is 0. The molecule has 4 nitrogen and oxygen atoms in total. The van der Waals surface area contributed by atoms with E-state index in [0.717, 1.165) is 5.69 Å². The Labute approximate surface area is 84.0 Å². The molecular formula is C10H16N2O2. The molecule has 0 amide bonds. The number of nitrogen functional groups attached to an aromatic ring is 1. The second-order valence-electron chi connectivity index (χ2n) is 2.89. The van der Waals surface area contributed by atoms with Gasteiger partial charge in [-0.3, -0.25) is 0 Å². The lowest BCUT2D eigenvalue weighted by Crippen LogP contribution is -2.08. The van der Waals surface area contributed by atoms with E-state index in [1.807, 2.05) is 19.9 Å². The van der Waals surface area contributed by atoms with Gasteiger partial charge in [0.25, 0.3) is 0 Å². The summed E-state index contributed by atoms with van der Waals surface area (Å²) in [5.74, 6) is 0.490. The van der Waals surface area contributed by atoms with E-state index in [9.17, 15) is 0 Å². The zero-order chi connectivity index (χ0) is 10.4. The van der Waals surface area contributed by atoms with E-state index in [4.69, 9.17) is 15.2 Å². The van der Waals surface area contributed by atoms with Gasteiger partial charge in [0.15, 0.2) is 0 Å². The van der Waals surface area contributed by atoms with Gasteiger partial charge in [0, 0.05) is 12.3 Å². The largest absolute Gasteiger partial charge is 0.474 e. The summed E-state index contributed by atoms with van der Waals surface area (Å²) in [6, 6.07) is 3.64. The second kappa shape index (κ2) is 5.44. The molecule has 0 aromatic carbocycles. The molecule has 0 aliphatic rings. The maximum absolute atomic E-state index is 5.68. The monoisotopic (exact) mass is 196 g/mol. The molecule has 78 valence electrons.